The highest BCUT2D eigenvalue weighted by molar-refractivity contribution is 5.28. The second-order valence-corrected chi connectivity index (χ2v) is 4.95. The Bertz CT molecular complexity index is 390. The molecule has 106 valence electrons. The molecular formula is C14H22N2O3. The Morgan fingerprint density at radius 2 is 2.00 bits per heavy atom. The quantitative estimate of drug-likeness (QED) is 0.629. The molecule has 0 bridgehead atoms. The normalized spacial score (nSPS) is 23.7. The molecular weight excluding hydrogens is 244 g/mol. The van der Waals surface area contributed by atoms with Gasteiger partial charge in [-0.2, -0.15) is 0 Å². The fourth-order valence-corrected chi connectivity index (χ4v) is 2.27. The van der Waals surface area contributed by atoms with Crippen LogP contribution in [0.25, 0.3) is 0 Å². The van der Waals surface area contributed by atoms with Crippen LogP contribution in [-0.2, 0) is 6.54 Å². The molecule has 5 nitrogen and oxygen atoms in total. The smallest absolute Gasteiger partial charge is 0.119 e. The number of nitrogens with zero attached hydrogens (tertiary/aromatic N) is 1. The molecule has 1 aromatic carbocycles. The summed E-state index contributed by atoms with van der Waals surface area (Å²) in [5.74, 6) is 0.837. The van der Waals surface area contributed by atoms with Crippen molar-refractivity contribution in [2.45, 2.75) is 25.2 Å². The maximum absolute atomic E-state index is 9.43. The van der Waals surface area contributed by atoms with Crippen LogP contribution in [-0.4, -0.2) is 53.6 Å². The molecule has 0 aromatic heterocycles. The van der Waals surface area contributed by atoms with E-state index in [2.05, 4.69) is 4.90 Å². The van der Waals surface area contributed by atoms with Gasteiger partial charge in [-0.3, -0.25) is 4.90 Å². The van der Waals surface area contributed by atoms with Gasteiger partial charge in [0.25, 0.3) is 0 Å². The largest absolute Gasteiger partial charge is 0.494 e. The van der Waals surface area contributed by atoms with Crippen molar-refractivity contribution >= 4 is 0 Å². The number of aliphatic hydroxyl groups is 2. The summed E-state index contributed by atoms with van der Waals surface area (Å²) in [5, 5.41) is 18.9. The molecule has 5 heteroatoms. The van der Waals surface area contributed by atoms with Crippen molar-refractivity contribution in [3.8, 4) is 5.75 Å². The number of benzene rings is 1. The van der Waals surface area contributed by atoms with Crippen LogP contribution < -0.4 is 10.5 Å². The lowest BCUT2D eigenvalue weighted by Gasteiger charge is -2.14. The molecule has 1 aromatic rings. The summed E-state index contributed by atoms with van der Waals surface area (Å²) in [7, 11) is 0. The van der Waals surface area contributed by atoms with Gasteiger partial charge < -0.3 is 20.7 Å². The molecule has 0 amide bonds. The Kier molecular flexibility index (Phi) is 5.15. The number of hydrogen-bond acceptors (Lipinski definition) is 5. The Morgan fingerprint density at radius 1 is 1.26 bits per heavy atom. The van der Waals surface area contributed by atoms with Gasteiger partial charge in [0.05, 0.1) is 18.8 Å². The van der Waals surface area contributed by atoms with Crippen LogP contribution in [0.3, 0.4) is 0 Å². The van der Waals surface area contributed by atoms with Crippen molar-refractivity contribution in [1.29, 1.82) is 0 Å². The molecule has 1 heterocycles. The topological polar surface area (TPSA) is 79.0 Å². The third kappa shape index (κ3) is 4.18. The summed E-state index contributed by atoms with van der Waals surface area (Å²) >= 11 is 0. The number of likely N-dealkylation sites (tertiary alicyclic amines) is 1. The first-order chi connectivity index (χ1) is 9.19. The zero-order valence-corrected chi connectivity index (χ0v) is 11.0. The van der Waals surface area contributed by atoms with Crippen molar-refractivity contribution in [3.63, 3.8) is 0 Å². The minimum Gasteiger partial charge on any atom is -0.494 e. The van der Waals surface area contributed by atoms with Crippen LogP contribution in [0.15, 0.2) is 24.3 Å². The van der Waals surface area contributed by atoms with Gasteiger partial charge in [0.1, 0.15) is 5.75 Å². The maximum Gasteiger partial charge on any atom is 0.119 e. The van der Waals surface area contributed by atoms with E-state index >= 15 is 0 Å². The lowest BCUT2D eigenvalue weighted by molar-refractivity contribution is 0.0572. The SMILES string of the molecule is NCc1cccc(OCCCN2CC(O)C(O)C2)c1. The van der Waals surface area contributed by atoms with Gasteiger partial charge in [-0.25, -0.2) is 0 Å². The molecule has 0 spiro atoms. The molecule has 1 fully saturated rings. The fourth-order valence-electron chi connectivity index (χ4n) is 2.27. The average molecular weight is 266 g/mol. The van der Waals surface area contributed by atoms with E-state index in [-0.39, 0.29) is 0 Å². The first-order valence-electron chi connectivity index (χ1n) is 6.69. The minimum absolute atomic E-state index is 0.515. The Balaban J connectivity index is 1.66. The lowest BCUT2D eigenvalue weighted by atomic mass is 10.2. The van der Waals surface area contributed by atoms with Gasteiger partial charge in [0.15, 0.2) is 0 Å². The molecule has 2 rings (SSSR count). The van der Waals surface area contributed by atoms with Crippen molar-refractivity contribution < 1.29 is 14.9 Å². The Labute approximate surface area is 113 Å². The highest BCUT2D eigenvalue weighted by Gasteiger charge is 2.28. The number of β-amino-alcohol motifs (C(OH)–C–C–N with tert-alkyl or cyclic N) is 2. The second-order valence-electron chi connectivity index (χ2n) is 4.95. The Morgan fingerprint density at radius 3 is 2.68 bits per heavy atom. The fraction of sp³-hybridized carbons (Fsp3) is 0.571. The molecule has 2 unspecified atom stereocenters. The van der Waals surface area contributed by atoms with Gasteiger partial charge in [-0.15, -0.1) is 0 Å². The van der Waals surface area contributed by atoms with Gasteiger partial charge >= 0.3 is 0 Å². The van der Waals surface area contributed by atoms with Crippen LogP contribution in [0.5, 0.6) is 5.75 Å². The van der Waals surface area contributed by atoms with Gasteiger partial charge in [0.2, 0.25) is 0 Å². The number of ether oxygens (including phenoxy) is 1. The van der Waals surface area contributed by atoms with Crippen molar-refractivity contribution in [3.05, 3.63) is 29.8 Å². The highest BCUT2D eigenvalue weighted by Crippen LogP contribution is 2.14. The second kappa shape index (κ2) is 6.86. The van der Waals surface area contributed by atoms with E-state index in [4.69, 9.17) is 10.5 Å². The Hall–Kier alpha value is -1.14. The van der Waals surface area contributed by atoms with E-state index in [1.165, 1.54) is 0 Å². The number of aliphatic hydroxyl groups excluding tert-OH is 2. The predicted octanol–water partition coefficient (Wildman–Crippen LogP) is -0.0484. The summed E-state index contributed by atoms with van der Waals surface area (Å²) in [6, 6.07) is 7.77. The minimum atomic E-state index is -0.609. The third-order valence-electron chi connectivity index (χ3n) is 3.36. The van der Waals surface area contributed by atoms with Crippen LogP contribution >= 0.6 is 0 Å². The van der Waals surface area contributed by atoms with E-state index in [9.17, 15) is 10.2 Å². The van der Waals surface area contributed by atoms with Crippen molar-refractivity contribution in [2.24, 2.45) is 5.73 Å². The molecule has 0 radical (unpaired) electrons. The number of hydrogen-bond donors (Lipinski definition) is 3. The highest BCUT2D eigenvalue weighted by atomic mass is 16.5. The number of rotatable bonds is 6. The van der Waals surface area contributed by atoms with E-state index in [0.717, 1.165) is 24.3 Å². The zero-order chi connectivity index (χ0) is 13.7. The van der Waals surface area contributed by atoms with Crippen LogP contribution in [0, 0.1) is 0 Å². The molecule has 1 aliphatic rings. The van der Waals surface area contributed by atoms with E-state index in [0.29, 0.717) is 26.2 Å². The molecule has 2 atom stereocenters. The maximum atomic E-state index is 9.43. The first-order valence-corrected chi connectivity index (χ1v) is 6.69. The van der Waals surface area contributed by atoms with E-state index in [1.807, 2.05) is 24.3 Å². The van der Waals surface area contributed by atoms with Gasteiger partial charge in [-0.1, -0.05) is 12.1 Å². The summed E-state index contributed by atoms with van der Waals surface area (Å²) < 4.78 is 5.65. The summed E-state index contributed by atoms with van der Waals surface area (Å²) in [6.07, 6.45) is -0.351. The molecule has 19 heavy (non-hydrogen) atoms. The van der Waals surface area contributed by atoms with Crippen LogP contribution in [0.1, 0.15) is 12.0 Å². The summed E-state index contributed by atoms with van der Waals surface area (Å²) in [4.78, 5) is 2.05. The molecule has 4 N–H and O–H groups in total. The van der Waals surface area contributed by atoms with Gasteiger partial charge in [-0.05, 0) is 24.1 Å². The summed E-state index contributed by atoms with van der Waals surface area (Å²) in [6.45, 7) is 3.05. The lowest BCUT2D eigenvalue weighted by Crippen LogP contribution is -2.24. The standard InChI is InChI=1S/C14H22N2O3/c15-8-11-3-1-4-12(7-11)19-6-2-5-16-9-13(17)14(18)10-16/h1,3-4,7,13-14,17-18H,2,5-6,8-10,15H2. The third-order valence-corrected chi connectivity index (χ3v) is 3.36. The predicted molar refractivity (Wildman–Crippen MR) is 72.9 cm³/mol. The zero-order valence-electron chi connectivity index (χ0n) is 11.0. The van der Waals surface area contributed by atoms with Crippen LogP contribution in [0.2, 0.25) is 0 Å². The van der Waals surface area contributed by atoms with Crippen molar-refractivity contribution in [1.82, 2.24) is 4.90 Å². The van der Waals surface area contributed by atoms with Crippen molar-refractivity contribution in [2.75, 3.05) is 26.2 Å². The first kappa shape index (κ1) is 14.3. The van der Waals surface area contributed by atoms with E-state index in [1.54, 1.807) is 0 Å². The molecule has 1 saturated heterocycles. The monoisotopic (exact) mass is 266 g/mol. The summed E-state index contributed by atoms with van der Waals surface area (Å²) in [5.41, 5.74) is 6.63. The van der Waals surface area contributed by atoms with E-state index < -0.39 is 12.2 Å². The number of nitrogens with two attached hydrogens (primary N) is 1. The molecule has 0 aliphatic carbocycles. The molecule has 1 aliphatic heterocycles. The van der Waals surface area contributed by atoms with Gasteiger partial charge in [0, 0.05) is 26.2 Å². The average Bonchev–Trinajstić information content (AvgIpc) is 2.74. The van der Waals surface area contributed by atoms with Crippen LogP contribution in [0.4, 0.5) is 0 Å². The molecule has 0 saturated carbocycles.